The number of rotatable bonds is 20. The van der Waals surface area contributed by atoms with E-state index >= 15 is 0 Å². The third kappa shape index (κ3) is 23.7. The van der Waals surface area contributed by atoms with Gasteiger partial charge in [0.15, 0.2) is 18.9 Å². The Morgan fingerprint density at radius 2 is 0.848 bits per heavy atom. The number of carbonyl (C=O) groups excluding carboxylic acids is 7. The van der Waals surface area contributed by atoms with Crippen LogP contribution in [0.4, 0.5) is 28.8 Å². The lowest BCUT2D eigenvalue weighted by molar-refractivity contribution is -0.311. The van der Waals surface area contributed by atoms with Crippen LogP contribution in [-0.4, -0.2) is 276 Å². The molecule has 8 fully saturated rings. The van der Waals surface area contributed by atoms with Crippen molar-refractivity contribution in [3.63, 3.8) is 0 Å². The molecule has 0 aromatic rings. The van der Waals surface area contributed by atoms with Crippen molar-refractivity contribution >= 4 is 42.5 Å². The number of carbonyl (C=O) groups is 7. The maximum atomic E-state index is 14.6. The Labute approximate surface area is 657 Å². The number of hydrogen-bond acceptors (Lipinski definition) is 28. The van der Waals surface area contributed by atoms with Crippen LogP contribution in [0, 0.1) is 46.3 Å². The molecule has 0 spiro atoms. The molecule has 644 valence electrons. The minimum atomic E-state index is -2.13. The second kappa shape index (κ2) is 35.8. The summed E-state index contributed by atoms with van der Waals surface area (Å²) in [5.41, 5.74) is -7.29. The lowest BCUT2D eigenvalue weighted by atomic mass is 9.43. The molecule has 5 aliphatic carbocycles. The molecule has 3 heterocycles. The van der Waals surface area contributed by atoms with E-state index in [2.05, 4.69) is 51.1 Å². The number of hydrogen-bond donors (Lipinski definition) is 16. The first kappa shape index (κ1) is 92.0. The number of alkyl carbamates (subject to hydrolysis) is 6. The van der Waals surface area contributed by atoms with Gasteiger partial charge in [0.1, 0.15) is 119 Å². The summed E-state index contributed by atoms with van der Waals surface area (Å²) in [5, 5.41) is 127. The molecule has 0 aromatic heterocycles. The summed E-state index contributed by atoms with van der Waals surface area (Å²) >= 11 is 0. The summed E-state index contributed by atoms with van der Waals surface area (Å²) < 4.78 is 72.9. The lowest BCUT2D eigenvalue weighted by Gasteiger charge is -2.63. The molecule has 0 unspecified atom stereocenters. The van der Waals surface area contributed by atoms with Gasteiger partial charge in [0.05, 0.1) is 30.4 Å². The Bertz CT molecular complexity index is 3200. The minimum Gasteiger partial charge on any atom is -0.444 e. The van der Waals surface area contributed by atoms with E-state index in [1.807, 2.05) is 6.92 Å². The Morgan fingerprint density at radius 1 is 0.429 bits per heavy atom. The Kier molecular flexibility index (Phi) is 29.4. The highest BCUT2D eigenvalue weighted by Crippen LogP contribution is 2.68. The van der Waals surface area contributed by atoms with Gasteiger partial charge in [-0.25, -0.2) is 28.8 Å². The number of amides is 7. The number of aliphatic hydroxyl groups is 9. The topological polar surface area (TPSA) is 497 Å². The van der Waals surface area contributed by atoms with Gasteiger partial charge in [-0.3, -0.25) is 4.79 Å². The molecule has 30 atom stereocenters. The van der Waals surface area contributed by atoms with Crippen molar-refractivity contribution in [2.24, 2.45) is 46.3 Å². The highest BCUT2D eigenvalue weighted by molar-refractivity contribution is 5.76. The van der Waals surface area contributed by atoms with Gasteiger partial charge in [0, 0.05) is 26.1 Å². The standard InChI is InChI=1S/C77H133N7O28/c1-35(38-23-24-39-49-40(30-47(87)77(38,39)21)76(20)27-26-37(85)28-36(76)29-43(49)86)22-25-48(88)78-34-46-59(105-62-51(84-69(100)112-75(17,18)19)56(93)54(91)45(102-62)33-80-65(96)108-71(5,6)7)57(94)63(103-46)106-60-52(89)41(81-66(97)109-72(8,9)10)31-42(82-67(98)110-73(11,12)13)58(60)104-61-50(83-68(99)111-74(14,15)16)55(92)53(90)44(101-61)32-79-64(95)107-70(2,3)4/h35-47,49-63,85-87,89-94H,22-34H2,1-21H3,(H,78,88)(H,79,95)(H,80,96)(H,81,97)(H,82,98)(H,83,99)(H,84,100)/t35-,36+,37-,38-,39+,40+,41-,42+,43-,44-,45+,46-,47+,49+,50-,51-,52+,53-,54-,55-,56-,57-,58-,59-,60-,61-,62-,63+,76+,77-/m1/s1. The van der Waals surface area contributed by atoms with E-state index < -0.39 is 242 Å². The first-order chi connectivity index (χ1) is 51.4. The van der Waals surface area contributed by atoms with Crippen LogP contribution in [0.25, 0.3) is 0 Å². The zero-order valence-electron chi connectivity index (χ0n) is 69.1. The third-order valence-electron chi connectivity index (χ3n) is 22.9. The van der Waals surface area contributed by atoms with Crippen LogP contribution in [-0.2, 0) is 61.6 Å². The van der Waals surface area contributed by atoms with Crippen LogP contribution in [0.3, 0.4) is 0 Å². The number of ether oxygens (including phenoxy) is 12. The van der Waals surface area contributed by atoms with E-state index in [0.717, 1.165) is 19.3 Å². The summed E-state index contributed by atoms with van der Waals surface area (Å²) in [5.74, 6) is -0.566. The molecule has 3 saturated heterocycles. The normalized spacial score (nSPS) is 38.7. The Hall–Kier alpha value is -5.51. The van der Waals surface area contributed by atoms with Gasteiger partial charge in [-0.2, -0.15) is 0 Å². The summed E-state index contributed by atoms with van der Waals surface area (Å²) in [6, 6.07) is -6.63. The van der Waals surface area contributed by atoms with Crippen LogP contribution in [0.2, 0.25) is 0 Å². The number of fused-ring (bicyclic) bond motifs is 5. The van der Waals surface area contributed by atoms with Gasteiger partial charge in [-0.05, 0) is 229 Å². The van der Waals surface area contributed by atoms with Gasteiger partial charge in [-0.1, -0.05) is 20.8 Å². The third-order valence-corrected chi connectivity index (χ3v) is 22.9. The average Bonchev–Trinajstić information content (AvgIpc) is 1.48. The Balaban J connectivity index is 1.17. The zero-order chi connectivity index (χ0) is 83.8. The first-order valence-electron chi connectivity index (χ1n) is 39.7. The van der Waals surface area contributed by atoms with Crippen LogP contribution < -0.4 is 37.2 Å². The van der Waals surface area contributed by atoms with Crippen molar-refractivity contribution < 1.29 is 136 Å². The molecule has 8 aliphatic rings. The summed E-state index contributed by atoms with van der Waals surface area (Å²) in [4.78, 5) is 96.5. The molecule has 16 N–H and O–H groups in total. The second-order valence-corrected chi connectivity index (χ2v) is 38.6. The molecule has 0 bridgehead atoms. The fourth-order valence-electron chi connectivity index (χ4n) is 18.0. The molecule has 35 heteroatoms. The maximum Gasteiger partial charge on any atom is 0.408 e. The Morgan fingerprint density at radius 3 is 1.32 bits per heavy atom. The molecule has 35 nitrogen and oxygen atoms in total. The quantitative estimate of drug-likeness (QED) is 0.0766. The number of aliphatic hydroxyl groups excluding tert-OH is 9. The van der Waals surface area contributed by atoms with E-state index in [-0.39, 0.29) is 47.3 Å². The van der Waals surface area contributed by atoms with Crippen LogP contribution >= 0.6 is 0 Å². The van der Waals surface area contributed by atoms with E-state index in [9.17, 15) is 79.5 Å². The van der Waals surface area contributed by atoms with E-state index in [1.165, 1.54) is 0 Å². The minimum absolute atomic E-state index is 0.00303. The monoisotopic (exact) mass is 1600 g/mol. The number of nitrogens with one attached hydrogen (secondary N) is 7. The predicted molar refractivity (Wildman–Crippen MR) is 398 cm³/mol. The summed E-state index contributed by atoms with van der Waals surface area (Å²) in [6.45, 7) is 33.3. The van der Waals surface area contributed by atoms with Gasteiger partial charge < -0.3 is 140 Å². The molecule has 0 aromatic carbocycles. The smallest absolute Gasteiger partial charge is 0.408 e. The molecule has 8 rings (SSSR count). The maximum absolute atomic E-state index is 14.6. The van der Waals surface area contributed by atoms with Gasteiger partial charge in [-0.15, -0.1) is 0 Å². The summed E-state index contributed by atoms with van der Waals surface area (Å²) in [6.07, 6.45) is -32.0. The van der Waals surface area contributed by atoms with Crippen molar-refractivity contribution in [3.8, 4) is 0 Å². The van der Waals surface area contributed by atoms with Gasteiger partial charge in [0.25, 0.3) is 0 Å². The largest absolute Gasteiger partial charge is 0.444 e. The molecule has 0 radical (unpaired) electrons. The lowest BCUT2D eigenvalue weighted by Crippen LogP contribution is -2.70. The molecule has 7 amide bonds. The van der Waals surface area contributed by atoms with Gasteiger partial charge in [0.2, 0.25) is 5.91 Å². The van der Waals surface area contributed by atoms with E-state index in [4.69, 9.17) is 56.8 Å². The SMILES string of the molecule is C[C@H](CCC(=O)NC[C@H]1O[C@@H](O[C@@H]2[C@@H](O)[C@H](NC(=O)OC(C)(C)C)C[C@H](NC(=O)OC(C)(C)C)[C@H]2O[C@H]2O[C@H](CNC(=O)OC(C)(C)C)[C@@H](O)[C@H](O)[C@H]2NC(=O)OC(C)(C)C)[C@H](O)[C@@H]1O[C@H]1O[C@@H](CNC(=O)OC(C)(C)C)[C@@H](O)[C@H](O)[C@H]1NC(=O)OC(C)(C)C)[C@H]1CC[C@H]2[C@@H]3[C@H](O)C[C@@H]4C[C@H](O)CC[C@]4(C)[C@H]3C[C@H](O)[C@]12C. The first-order valence-corrected chi connectivity index (χ1v) is 39.7. The summed E-state index contributed by atoms with van der Waals surface area (Å²) in [7, 11) is 0. The fourth-order valence-corrected chi connectivity index (χ4v) is 18.0. The average molecular weight is 1600 g/mol. The van der Waals surface area contributed by atoms with Crippen LogP contribution in [0.1, 0.15) is 210 Å². The van der Waals surface area contributed by atoms with E-state index in [0.29, 0.717) is 32.1 Å². The zero-order valence-corrected chi connectivity index (χ0v) is 69.1. The van der Waals surface area contributed by atoms with Crippen LogP contribution in [0.15, 0.2) is 0 Å². The van der Waals surface area contributed by atoms with Crippen molar-refractivity contribution in [3.05, 3.63) is 0 Å². The highest BCUT2D eigenvalue weighted by Gasteiger charge is 2.66. The van der Waals surface area contributed by atoms with Crippen molar-refractivity contribution in [2.45, 2.75) is 378 Å². The molecule has 3 aliphatic heterocycles. The predicted octanol–water partition coefficient (Wildman–Crippen LogP) is 4.00. The van der Waals surface area contributed by atoms with Crippen molar-refractivity contribution in [1.82, 2.24) is 37.2 Å². The van der Waals surface area contributed by atoms with Crippen molar-refractivity contribution in [2.75, 3.05) is 19.6 Å². The molecular formula is C77H133N7O28. The highest BCUT2D eigenvalue weighted by atomic mass is 16.8. The molecule has 5 saturated carbocycles. The van der Waals surface area contributed by atoms with E-state index in [1.54, 1.807) is 125 Å². The molecule has 112 heavy (non-hydrogen) atoms. The second-order valence-electron chi connectivity index (χ2n) is 38.6. The van der Waals surface area contributed by atoms with Crippen LogP contribution in [0.5, 0.6) is 0 Å². The molecular weight excluding hydrogens is 1470 g/mol. The fraction of sp³-hybridized carbons (Fsp3) is 0.909. The van der Waals surface area contributed by atoms with Crippen molar-refractivity contribution in [1.29, 1.82) is 0 Å². The van der Waals surface area contributed by atoms with Gasteiger partial charge >= 0.3 is 36.6 Å².